The average molecular weight is 280 g/mol. The highest BCUT2D eigenvalue weighted by molar-refractivity contribution is 5.34. The summed E-state index contributed by atoms with van der Waals surface area (Å²) in [5.41, 5.74) is -1.20. The van der Waals surface area contributed by atoms with E-state index in [0.717, 1.165) is 6.42 Å². The van der Waals surface area contributed by atoms with E-state index in [1.54, 1.807) is 0 Å². The fourth-order valence-corrected chi connectivity index (χ4v) is 2.40. The Labute approximate surface area is 108 Å². The highest BCUT2D eigenvalue weighted by Crippen LogP contribution is 2.41. The smallest absolute Gasteiger partial charge is 0.385 e. The molecule has 1 aliphatic carbocycles. The number of hydrogen-bond donors (Lipinski definition) is 1. The van der Waals surface area contributed by atoms with Crippen LogP contribution in [0.3, 0.4) is 0 Å². The Hall–Kier alpha value is -1.11. The van der Waals surface area contributed by atoms with Crippen LogP contribution in [0.2, 0.25) is 0 Å². The number of aromatic nitrogens is 2. The monoisotopic (exact) mass is 280 g/mol. The van der Waals surface area contributed by atoms with Crippen molar-refractivity contribution in [3.05, 3.63) is 17.0 Å². The summed E-state index contributed by atoms with van der Waals surface area (Å²) in [7, 11) is 0. The van der Waals surface area contributed by atoms with Crippen molar-refractivity contribution in [1.82, 2.24) is 9.78 Å². The molecule has 1 N–H and O–H groups in total. The van der Waals surface area contributed by atoms with E-state index < -0.39 is 24.1 Å². The minimum Gasteiger partial charge on any atom is -0.385 e. The van der Waals surface area contributed by atoms with Gasteiger partial charge in [-0.2, -0.15) is 18.3 Å². The minimum absolute atomic E-state index is 0.0310. The number of nitrogens with zero attached hydrogens (tertiary/aromatic N) is 2. The molecule has 3 nitrogen and oxygen atoms in total. The Kier molecular flexibility index (Phi) is 3.85. The zero-order valence-electron chi connectivity index (χ0n) is 10.5. The highest BCUT2D eigenvalue weighted by Gasteiger charge is 2.44. The molecule has 1 heterocycles. The van der Waals surface area contributed by atoms with E-state index >= 15 is 0 Å². The van der Waals surface area contributed by atoms with E-state index in [4.69, 9.17) is 0 Å². The molecule has 0 fully saturated rings. The molecule has 1 aromatic heterocycles. The molecule has 0 aromatic carbocycles. The van der Waals surface area contributed by atoms with Gasteiger partial charge in [-0.3, -0.25) is 4.68 Å². The summed E-state index contributed by atoms with van der Waals surface area (Å²) in [5.74, 6) is 0. The third kappa shape index (κ3) is 2.61. The molecule has 1 aliphatic rings. The van der Waals surface area contributed by atoms with E-state index in [0.29, 0.717) is 18.7 Å². The minimum atomic E-state index is -4.67. The summed E-state index contributed by atoms with van der Waals surface area (Å²) in [5, 5.41) is 13.2. The molecule has 7 heteroatoms. The lowest BCUT2D eigenvalue weighted by Crippen LogP contribution is -2.24. The third-order valence-electron chi connectivity index (χ3n) is 3.39. The van der Waals surface area contributed by atoms with Crippen molar-refractivity contribution in [3.8, 4) is 0 Å². The van der Waals surface area contributed by atoms with Crippen LogP contribution >= 0.6 is 0 Å². The molecule has 108 valence electrons. The molecule has 0 saturated carbocycles. The van der Waals surface area contributed by atoms with Crippen LogP contribution in [0.4, 0.5) is 17.6 Å². The Balaban J connectivity index is 2.47. The van der Waals surface area contributed by atoms with Crippen molar-refractivity contribution in [1.29, 1.82) is 0 Å². The lowest BCUT2D eigenvalue weighted by molar-refractivity contribution is -0.143. The van der Waals surface area contributed by atoms with E-state index in [-0.39, 0.29) is 18.4 Å². The van der Waals surface area contributed by atoms with Crippen molar-refractivity contribution in [3.63, 3.8) is 0 Å². The van der Waals surface area contributed by atoms with E-state index in [1.165, 1.54) is 4.68 Å². The first-order chi connectivity index (χ1) is 8.86. The summed E-state index contributed by atoms with van der Waals surface area (Å²) < 4.78 is 53.4. The molecular weight excluding hydrogens is 264 g/mol. The zero-order chi connectivity index (χ0) is 14.2. The van der Waals surface area contributed by atoms with Crippen LogP contribution < -0.4 is 0 Å². The van der Waals surface area contributed by atoms with Gasteiger partial charge in [-0.15, -0.1) is 0 Å². The molecule has 0 bridgehead atoms. The molecule has 19 heavy (non-hydrogen) atoms. The highest BCUT2D eigenvalue weighted by atomic mass is 19.4. The zero-order valence-corrected chi connectivity index (χ0v) is 10.5. The van der Waals surface area contributed by atoms with Gasteiger partial charge in [0, 0.05) is 17.8 Å². The lowest BCUT2D eigenvalue weighted by atomic mass is 9.91. The van der Waals surface area contributed by atoms with Gasteiger partial charge in [0.2, 0.25) is 0 Å². The maximum atomic E-state index is 13.4. The summed E-state index contributed by atoms with van der Waals surface area (Å²) in [6.45, 7) is 2.28. The standard InChI is InChI=1S/C12H16F4N2O/c1-2-3-6-18-8-5-4-7(13)10(19)9(8)11(17-18)12(14,15)16/h7,10,19H,2-6H2,1H3/t7-,10+/m0/s1. The largest absolute Gasteiger partial charge is 0.435 e. The van der Waals surface area contributed by atoms with Gasteiger partial charge in [-0.25, -0.2) is 4.39 Å². The first-order valence-electron chi connectivity index (χ1n) is 6.35. The topological polar surface area (TPSA) is 38.0 Å². The van der Waals surface area contributed by atoms with E-state index in [1.807, 2.05) is 6.92 Å². The van der Waals surface area contributed by atoms with Gasteiger partial charge in [0.1, 0.15) is 12.3 Å². The number of aryl methyl sites for hydroxylation is 1. The maximum absolute atomic E-state index is 13.4. The van der Waals surface area contributed by atoms with E-state index in [9.17, 15) is 22.7 Å². The van der Waals surface area contributed by atoms with Crippen molar-refractivity contribution in [2.24, 2.45) is 0 Å². The number of rotatable bonds is 3. The predicted octanol–water partition coefficient (Wildman–Crippen LogP) is 3.02. The quantitative estimate of drug-likeness (QED) is 0.864. The van der Waals surface area contributed by atoms with Gasteiger partial charge in [-0.1, -0.05) is 13.3 Å². The molecule has 0 aliphatic heterocycles. The van der Waals surface area contributed by atoms with Gasteiger partial charge < -0.3 is 5.11 Å². The second-order valence-corrected chi connectivity index (χ2v) is 4.78. The molecule has 0 saturated heterocycles. The maximum Gasteiger partial charge on any atom is 0.435 e. The number of aliphatic hydroxyl groups excluding tert-OH is 1. The number of aliphatic hydroxyl groups is 1. The Morgan fingerprint density at radius 2 is 2.11 bits per heavy atom. The molecule has 0 unspecified atom stereocenters. The van der Waals surface area contributed by atoms with Crippen LogP contribution in [0.5, 0.6) is 0 Å². The fraction of sp³-hybridized carbons (Fsp3) is 0.750. The van der Waals surface area contributed by atoms with Crippen molar-refractivity contribution >= 4 is 0 Å². The van der Waals surface area contributed by atoms with Gasteiger partial charge >= 0.3 is 6.18 Å². The number of alkyl halides is 4. The summed E-state index contributed by atoms with van der Waals surface area (Å²) in [6.07, 6.45) is -6.32. The number of fused-ring (bicyclic) bond motifs is 1. The second-order valence-electron chi connectivity index (χ2n) is 4.78. The molecule has 1 aromatic rings. The van der Waals surface area contributed by atoms with Crippen molar-refractivity contribution in [2.75, 3.05) is 0 Å². The van der Waals surface area contributed by atoms with Crippen molar-refractivity contribution in [2.45, 2.75) is 57.6 Å². The second kappa shape index (κ2) is 5.11. The number of hydrogen-bond acceptors (Lipinski definition) is 2. The Morgan fingerprint density at radius 1 is 1.42 bits per heavy atom. The third-order valence-corrected chi connectivity index (χ3v) is 3.39. The van der Waals surface area contributed by atoms with Crippen LogP contribution in [0.25, 0.3) is 0 Å². The number of halogens is 4. The molecule has 0 radical (unpaired) electrons. The van der Waals surface area contributed by atoms with Crippen LogP contribution in [0, 0.1) is 0 Å². The molecule has 2 atom stereocenters. The van der Waals surface area contributed by atoms with Crippen LogP contribution in [0.1, 0.15) is 49.2 Å². The Bertz CT molecular complexity index is 455. The van der Waals surface area contributed by atoms with Crippen LogP contribution in [-0.2, 0) is 19.1 Å². The first-order valence-corrected chi connectivity index (χ1v) is 6.35. The van der Waals surface area contributed by atoms with E-state index in [2.05, 4.69) is 5.10 Å². The lowest BCUT2D eigenvalue weighted by Gasteiger charge is -2.23. The van der Waals surface area contributed by atoms with Gasteiger partial charge in [0.25, 0.3) is 0 Å². The Morgan fingerprint density at radius 3 is 2.68 bits per heavy atom. The molecular formula is C12H16F4N2O. The predicted molar refractivity (Wildman–Crippen MR) is 60.3 cm³/mol. The summed E-state index contributed by atoms with van der Waals surface area (Å²) in [4.78, 5) is 0. The van der Waals surface area contributed by atoms with Gasteiger partial charge in [-0.05, 0) is 19.3 Å². The summed E-state index contributed by atoms with van der Waals surface area (Å²) >= 11 is 0. The van der Waals surface area contributed by atoms with Crippen molar-refractivity contribution < 1.29 is 22.7 Å². The van der Waals surface area contributed by atoms with Gasteiger partial charge in [0.05, 0.1) is 0 Å². The SMILES string of the molecule is CCCCn1nc(C(F)(F)F)c2c1CC[C@H](F)[C@H]2O. The van der Waals surface area contributed by atoms with Crippen LogP contribution in [0.15, 0.2) is 0 Å². The normalized spacial score (nSPS) is 23.5. The average Bonchev–Trinajstić information content (AvgIpc) is 2.70. The van der Waals surface area contributed by atoms with Crippen LogP contribution in [-0.4, -0.2) is 21.1 Å². The fourth-order valence-electron chi connectivity index (χ4n) is 2.40. The number of unbranched alkanes of at least 4 members (excludes halogenated alkanes) is 1. The molecule has 2 rings (SSSR count). The van der Waals surface area contributed by atoms with Gasteiger partial charge in [0.15, 0.2) is 5.69 Å². The first kappa shape index (κ1) is 14.3. The summed E-state index contributed by atoms with van der Waals surface area (Å²) in [6, 6.07) is 0. The molecule has 0 amide bonds. The molecule has 0 spiro atoms.